The average molecular weight is 272 g/mol. The minimum Gasteiger partial charge on any atom is -0.504 e. The second-order valence-corrected chi connectivity index (χ2v) is 4.90. The van der Waals surface area contributed by atoms with Gasteiger partial charge in [0.15, 0.2) is 11.5 Å². The molecule has 4 heteroatoms. The smallest absolute Gasteiger partial charge is 0.276 e. The fraction of sp³-hybridized carbons (Fsp3) is 0.600. The highest BCUT2D eigenvalue weighted by Crippen LogP contribution is 2.42. The molecule has 0 aromatic heterocycles. The number of phenols is 2. The summed E-state index contributed by atoms with van der Waals surface area (Å²) in [6.07, 6.45) is 5.23. The van der Waals surface area contributed by atoms with Crippen LogP contribution in [0.4, 0.5) is 8.78 Å². The number of rotatable bonds is 8. The lowest BCUT2D eigenvalue weighted by atomic mass is 10.00. The van der Waals surface area contributed by atoms with Crippen LogP contribution in [0, 0.1) is 0 Å². The van der Waals surface area contributed by atoms with E-state index in [9.17, 15) is 19.0 Å². The van der Waals surface area contributed by atoms with Crippen molar-refractivity contribution in [2.75, 3.05) is 0 Å². The van der Waals surface area contributed by atoms with Crippen LogP contribution in [0.25, 0.3) is 0 Å². The van der Waals surface area contributed by atoms with Gasteiger partial charge in [-0.2, -0.15) is 0 Å². The van der Waals surface area contributed by atoms with Gasteiger partial charge < -0.3 is 10.2 Å². The van der Waals surface area contributed by atoms with Crippen LogP contribution in [-0.2, 0) is 5.92 Å². The fourth-order valence-electron chi connectivity index (χ4n) is 2.09. The zero-order chi connectivity index (χ0) is 14.3. The van der Waals surface area contributed by atoms with E-state index < -0.39 is 23.0 Å². The molecule has 0 aliphatic rings. The summed E-state index contributed by atoms with van der Waals surface area (Å²) in [4.78, 5) is 0. The number of phenolic OH excluding ortho intramolecular Hbond substituents is 2. The largest absolute Gasteiger partial charge is 0.504 e. The molecule has 0 fully saturated rings. The molecule has 108 valence electrons. The van der Waals surface area contributed by atoms with Gasteiger partial charge in [0.25, 0.3) is 5.92 Å². The Balaban J connectivity index is 2.49. The van der Waals surface area contributed by atoms with E-state index in [2.05, 4.69) is 6.92 Å². The molecule has 0 saturated carbocycles. The Morgan fingerprint density at radius 3 is 2.32 bits per heavy atom. The van der Waals surface area contributed by atoms with E-state index >= 15 is 0 Å². The second-order valence-electron chi connectivity index (χ2n) is 4.90. The van der Waals surface area contributed by atoms with E-state index in [-0.39, 0.29) is 6.42 Å². The predicted octanol–water partition coefficient (Wildman–Crippen LogP) is 4.94. The first kappa shape index (κ1) is 15.7. The van der Waals surface area contributed by atoms with Gasteiger partial charge in [-0.25, -0.2) is 8.78 Å². The van der Waals surface area contributed by atoms with E-state index in [1.165, 1.54) is 12.1 Å². The van der Waals surface area contributed by atoms with Gasteiger partial charge in [0.05, 0.1) is 5.56 Å². The van der Waals surface area contributed by atoms with Crippen molar-refractivity contribution in [1.82, 2.24) is 0 Å². The first-order valence-electron chi connectivity index (χ1n) is 6.88. The summed E-state index contributed by atoms with van der Waals surface area (Å²) in [5.41, 5.74) is -0.485. The van der Waals surface area contributed by atoms with Crippen LogP contribution in [0.5, 0.6) is 11.5 Å². The summed E-state index contributed by atoms with van der Waals surface area (Å²) in [6, 6.07) is 3.67. The van der Waals surface area contributed by atoms with Gasteiger partial charge in [-0.05, 0) is 18.6 Å². The van der Waals surface area contributed by atoms with Crippen molar-refractivity contribution in [3.8, 4) is 11.5 Å². The summed E-state index contributed by atoms with van der Waals surface area (Å²) < 4.78 is 27.8. The van der Waals surface area contributed by atoms with Crippen molar-refractivity contribution in [2.45, 2.75) is 57.8 Å². The maximum atomic E-state index is 13.9. The molecule has 0 aliphatic carbocycles. The lowest BCUT2D eigenvalue weighted by Crippen LogP contribution is -2.13. The van der Waals surface area contributed by atoms with Crippen LogP contribution < -0.4 is 0 Å². The van der Waals surface area contributed by atoms with Gasteiger partial charge in [0.1, 0.15) is 0 Å². The molecule has 0 saturated heterocycles. The molecule has 0 aliphatic heterocycles. The monoisotopic (exact) mass is 272 g/mol. The zero-order valence-corrected chi connectivity index (χ0v) is 11.3. The van der Waals surface area contributed by atoms with Crippen molar-refractivity contribution < 1.29 is 19.0 Å². The lowest BCUT2D eigenvalue weighted by Gasteiger charge is -2.18. The molecule has 1 rings (SSSR count). The van der Waals surface area contributed by atoms with Crippen LogP contribution in [0.15, 0.2) is 18.2 Å². The Morgan fingerprint density at radius 1 is 1.00 bits per heavy atom. The third-order valence-electron chi connectivity index (χ3n) is 3.25. The normalized spacial score (nSPS) is 11.7. The molecular weight excluding hydrogens is 250 g/mol. The van der Waals surface area contributed by atoms with E-state index in [4.69, 9.17) is 0 Å². The Bertz CT molecular complexity index is 392. The summed E-state index contributed by atoms with van der Waals surface area (Å²) >= 11 is 0. The first-order chi connectivity index (χ1) is 8.99. The number of hydrogen-bond donors (Lipinski definition) is 2. The molecule has 0 unspecified atom stereocenters. The standard InChI is InChI=1S/C15H22F2O2/c1-2-3-4-5-6-7-11-15(16,17)12-9-8-10-13(18)14(12)19/h8-10,18-19H,2-7,11H2,1H3. The molecule has 0 heterocycles. The number of halogens is 2. The van der Waals surface area contributed by atoms with Gasteiger partial charge in [0.2, 0.25) is 0 Å². The SMILES string of the molecule is CCCCCCCCC(F)(F)c1cccc(O)c1O. The van der Waals surface area contributed by atoms with Gasteiger partial charge in [0, 0.05) is 6.42 Å². The van der Waals surface area contributed by atoms with Crippen LogP contribution in [0.3, 0.4) is 0 Å². The van der Waals surface area contributed by atoms with Crippen molar-refractivity contribution in [3.63, 3.8) is 0 Å². The second kappa shape index (κ2) is 7.31. The summed E-state index contributed by atoms with van der Waals surface area (Å²) in [6.45, 7) is 2.11. The van der Waals surface area contributed by atoms with Gasteiger partial charge in [-0.3, -0.25) is 0 Å². The van der Waals surface area contributed by atoms with Crippen LogP contribution in [-0.4, -0.2) is 10.2 Å². The Kier molecular flexibility index (Phi) is 6.06. The molecule has 1 aromatic rings. The first-order valence-corrected chi connectivity index (χ1v) is 6.88. The maximum Gasteiger partial charge on any atom is 0.276 e. The molecule has 0 spiro atoms. The molecule has 0 amide bonds. The molecule has 19 heavy (non-hydrogen) atoms. The molecule has 0 atom stereocenters. The number of aromatic hydroxyl groups is 2. The quantitative estimate of drug-likeness (QED) is 0.519. The van der Waals surface area contributed by atoms with Crippen molar-refractivity contribution >= 4 is 0 Å². The van der Waals surface area contributed by atoms with Crippen LogP contribution >= 0.6 is 0 Å². The van der Waals surface area contributed by atoms with Gasteiger partial charge >= 0.3 is 0 Å². The van der Waals surface area contributed by atoms with E-state index in [0.717, 1.165) is 38.2 Å². The molecule has 2 nitrogen and oxygen atoms in total. The highest BCUT2D eigenvalue weighted by atomic mass is 19.3. The average Bonchev–Trinajstić information content (AvgIpc) is 2.36. The Morgan fingerprint density at radius 2 is 1.63 bits per heavy atom. The van der Waals surface area contributed by atoms with E-state index in [1.54, 1.807) is 0 Å². The summed E-state index contributed by atoms with van der Waals surface area (Å²) in [7, 11) is 0. The number of para-hydroxylation sites is 1. The number of unbranched alkanes of at least 4 members (excludes halogenated alkanes) is 5. The van der Waals surface area contributed by atoms with Crippen molar-refractivity contribution in [2.24, 2.45) is 0 Å². The van der Waals surface area contributed by atoms with Crippen molar-refractivity contribution in [1.29, 1.82) is 0 Å². The molecule has 2 N–H and O–H groups in total. The van der Waals surface area contributed by atoms with E-state index in [0.29, 0.717) is 6.42 Å². The molecule has 0 radical (unpaired) electrons. The zero-order valence-electron chi connectivity index (χ0n) is 11.3. The predicted molar refractivity (Wildman–Crippen MR) is 71.7 cm³/mol. The fourth-order valence-corrected chi connectivity index (χ4v) is 2.09. The Labute approximate surface area is 113 Å². The minimum absolute atomic E-state index is 0.295. The number of alkyl halides is 2. The third kappa shape index (κ3) is 4.69. The molecule has 0 bridgehead atoms. The summed E-state index contributed by atoms with van der Waals surface area (Å²) in [5.74, 6) is -4.30. The number of benzene rings is 1. The highest BCUT2D eigenvalue weighted by Gasteiger charge is 2.34. The van der Waals surface area contributed by atoms with Gasteiger partial charge in [-0.1, -0.05) is 45.1 Å². The minimum atomic E-state index is -3.09. The van der Waals surface area contributed by atoms with E-state index in [1.807, 2.05) is 0 Å². The van der Waals surface area contributed by atoms with Crippen LogP contribution in [0.2, 0.25) is 0 Å². The van der Waals surface area contributed by atoms with Gasteiger partial charge in [-0.15, -0.1) is 0 Å². The third-order valence-corrected chi connectivity index (χ3v) is 3.25. The molecule has 1 aromatic carbocycles. The van der Waals surface area contributed by atoms with Crippen molar-refractivity contribution in [3.05, 3.63) is 23.8 Å². The highest BCUT2D eigenvalue weighted by molar-refractivity contribution is 5.46. The van der Waals surface area contributed by atoms with Crippen LogP contribution in [0.1, 0.15) is 57.4 Å². The topological polar surface area (TPSA) is 40.5 Å². The number of hydrogen-bond acceptors (Lipinski definition) is 2. The molecular formula is C15H22F2O2. The lowest BCUT2D eigenvalue weighted by molar-refractivity contribution is -0.0180. The maximum absolute atomic E-state index is 13.9. The summed E-state index contributed by atoms with van der Waals surface area (Å²) in [5, 5.41) is 18.7. The Hall–Kier alpha value is -1.32.